The molecule has 0 atom stereocenters. The fourth-order valence-corrected chi connectivity index (χ4v) is 4.45. The molecule has 3 nitrogen and oxygen atoms in total. The topological polar surface area (TPSA) is 43.4 Å². The Bertz CT molecular complexity index is 425. The van der Waals surface area contributed by atoms with Crippen LogP contribution in [-0.4, -0.2) is 41.5 Å². The number of carbonyl (C=O) groups is 2. The van der Waals surface area contributed by atoms with Crippen molar-refractivity contribution in [3.05, 3.63) is 0 Å². The van der Waals surface area contributed by atoms with Gasteiger partial charge in [0.2, 0.25) is 0 Å². The molecule has 0 amide bonds. The van der Waals surface area contributed by atoms with E-state index < -0.39 is 0 Å². The summed E-state index contributed by atoms with van der Waals surface area (Å²) in [6, 6.07) is 0. The van der Waals surface area contributed by atoms with Gasteiger partial charge in [0.25, 0.3) is 0 Å². The fourth-order valence-electron chi connectivity index (χ4n) is 4.45. The van der Waals surface area contributed by atoms with Crippen LogP contribution in [0.4, 0.5) is 0 Å². The minimum Gasteiger partial charge on any atom is -0.393 e. The van der Waals surface area contributed by atoms with Gasteiger partial charge in [0.15, 0.2) is 0 Å². The molecular weight excluding hydrogens is 431 g/mol. The van der Waals surface area contributed by atoms with Gasteiger partial charge in [-0.25, -0.2) is 0 Å². The van der Waals surface area contributed by atoms with Crippen LogP contribution < -0.4 is 0 Å². The summed E-state index contributed by atoms with van der Waals surface area (Å²) in [5.41, 5.74) is 0. The van der Waals surface area contributed by atoms with Crippen LogP contribution >= 0.6 is 0 Å². The van der Waals surface area contributed by atoms with Crippen molar-refractivity contribution < 1.29 is 14.3 Å². The Morgan fingerprint density at radius 3 is 0.824 bits per heavy atom. The van der Waals surface area contributed by atoms with Gasteiger partial charge in [-0.15, -0.1) is 0 Å². The van der Waals surface area contributed by atoms with E-state index in [9.17, 15) is 9.59 Å². The van der Waals surface area contributed by atoms with Gasteiger partial charge in [-0.05, 0) is 12.8 Å². The van der Waals surface area contributed by atoms with Gasteiger partial charge in [-0.1, -0.05) is 155 Å². The molecule has 0 aromatic heterocycles. The summed E-state index contributed by atoms with van der Waals surface area (Å²) in [6.45, 7) is 4.51. The van der Waals surface area contributed by atoms with Crippen molar-refractivity contribution in [2.75, 3.05) is 0 Å². The van der Waals surface area contributed by atoms with Crippen molar-refractivity contribution in [3.63, 3.8) is 0 Å². The average Bonchev–Trinajstić information content (AvgIpc) is 2.80. The minimum atomic E-state index is -0.330. The molecule has 0 saturated carbocycles. The number of hydrogen-bond acceptors (Lipinski definition) is 3. The average molecular weight is 490 g/mol. The maximum absolute atomic E-state index is 11.8. The second-order valence-corrected chi connectivity index (χ2v) is 10.1. The first-order valence-electron chi connectivity index (χ1n) is 14.9. The smallest absolute Gasteiger partial charge is 0.313 e. The molecule has 0 spiro atoms. The first-order chi connectivity index (χ1) is 16.2. The van der Waals surface area contributed by atoms with Crippen LogP contribution in [0.15, 0.2) is 0 Å². The van der Waals surface area contributed by atoms with Crippen LogP contribution in [0.2, 0.25) is 0 Å². The maximum Gasteiger partial charge on any atom is 0.313 e. The van der Waals surface area contributed by atoms with Gasteiger partial charge in [-0.2, -0.15) is 0 Å². The molecule has 0 aliphatic rings. The molecule has 0 aliphatic heterocycles. The van der Waals surface area contributed by atoms with Crippen molar-refractivity contribution in [2.24, 2.45) is 0 Å². The molecule has 1 radical (unpaired) electrons. The summed E-state index contributed by atoms with van der Waals surface area (Å²) in [5.74, 6) is -0.658. The third-order valence-corrected chi connectivity index (χ3v) is 6.70. The Labute approximate surface area is 235 Å². The number of esters is 2. The van der Waals surface area contributed by atoms with E-state index in [1.165, 1.54) is 128 Å². The maximum atomic E-state index is 11.8. The molecule has 0 aromatic rings. The summed E-state index contributed by atoms with van der Waals surface area (Å²) in [4.78, 5) is 23.6. The van der Waals surface area contributed by atoms with E-state index in [1.807, 2.05) is 0 Å². The van der Waals surface area contributed by atoms with Gasteiger partial charge in [0, 0.05) is 42.4 Å². The SMILES string of the molecule is CCCCCCCCCCCCCCCCCC(=O)OC(=O)CCCCCCCCCCC.[Na]. The van der Waals surface area contributed by atoms with Crippen molar-refractivity contribution in [1.29, 1.82) is 0 Å². The van der Waals surface area contributed by atoms with Crippen molar-refractivity contribution in [3.8, 4) is 0 Å². The molecule has 34 heavy (non-hydrogen) atoms. The Kier molecular flexibility index (Phi) is 33.3. The summed E-state index contributed by atoms with van der Waals surface area (Å²) < 4.78 is 4.96. The molecule has 4 heteroatoms. The summed E-state index contributed by atoms with van der Waals surface area (Å²) >= 11 is 0. The van der Waals surface area contributed by atoms with Crippen LogP contribution in [-0.2, 0) is 14.3 Å². The second kappa shape index (κ2) is 31.2. The quantitative estimate of drug-likeness (QED) is 0.0525. The molecule has 0 aliphatic carbocycles. The third kappa shape index (κ3) is 30.2. The van der Waals surface area contributed by atoms with Crippen LogP contribution in [0, 0.1) is 0 Å². The van der Waals surface area contributed by atoms with Crippen LogP contribution in [0.25, 0.3) is 0 Å². The summed E-state index contributed by atoms with van der Waals surface area (Å²) in [5, 5.41) is 0. The van der Waals surface area contributed by atoms with E-state index in [0.29, 0.717) is 12.8 Å². The Morgan fingerprint density at radius 1 is 0.382 bits per heavy atom. The van der Waals surface area contributed by atoms with Gasteiger partial charge >= 0.3 is 11.9 Å². The summed E-state index contributed by atoms with van der Waals surface area (Å²) in [6.07, 6.45) is 31.4. The number of unbranched alkanes of at least 4 members (excludes halogenated alkanes) is 22. The molecule has 0 N–H and O–H groups in total. The molecule has 0 bridgehead atoms. The van der Waals surface area contributed by atoms with Gasteiger partial charge in [0.1, 0.15) is 0 Å². The summed E-state index contributed by atoms with van der Waals surface area (Å²) in [7, 11) is 0. The monoisotopic (exact) mass is 489 g/mol. The van der Waals surface area contributed by atoms with Crippen molar-refractivity contribution >= 4 is 41.5 Å². The number of carbonyl (C=O) groups excluding carboxylic acids is 2. The van der Waals surface area contributed by atoms with E-state index in [-0.39, 0.29) is 41.5 Å². The molecule has 197 valence electrons. The van der Waals surface area contributed by atoms with Crippen LogP contribution in [0.3, 0.4) is 0 Å². The van der Waals surface area contributed by atoms with E-state index in [2.05, 4.69) is 13.8 Å². The first kappa shape index (κ1) is 36.3. The van der Waals surface area contributed by atoms with Gasteiger partial charge in [0.05, 0.1) is 0 Å². The number of rotatable bonds is 26. The van der Waals surface area contributed by atoms with E-state index >= 15 is 0 Å². The molecule has 0 unspecified atom stereocenters. The molecule has 0 rings (SSSR count). The van der Waals surface area contributed by atoms with Crippen LogP contribution in [0.1, 0.15) is 181 Å². The zero-order valence-corrected chi connectivity index (χ0v) is 25.6. The molecule has 0 heterocycles. The second-order valence-electron chi connectivity index (χ2n) is 10.1. The Morgan fingerprint density at radius 2 is 0.588 bits per heavy atom. The van der Waals surface area contributed by atoms with Crippen molar-refractivity contribution in [1.82, 2.24) is 0 Å². The fraction of sp³-hybridized carbons (Fsp3) is 0.933. The predicted molar refractivity (Wildman–Crippen MR) is 148 cm³/mol. The Hall–Kier alpha value is 0.140. The molecule has 0 saturated heterocycles. The van der Waals surface area contributed by atoms with Gasteiger partial charge in [-0.3, -0.25) is 9.59 Å². The molecule has 0 aromatic carbocycles. The number of hydrogen-bond donors (Lipinski definition) is 0. The minimum absolute atomic E-state index is 0. The van der Waals surface area contributed by atoms with Crippen molar-refractivity contribution in [2.45, 2.75) is 181 Å². The van der Waals surface area contributed by atoms with E-state index in [0.717, 1.165) is 25.7 Å². The number of ether oxygens (including phenoxy) is 1. The molecule has 0 fully saturated rings. The largest absolute Gasteiger partial charge is 0.393 e. The van der Waals surface area contributed by atoms with E-state index in [1.54, 1.807) is 0 Å². The predicted octanol–water partition coefficient (Wildman–Crippen LogP) is 9.86. The zero-order valence-electron chi connectivity index (χ0n) is 23.6. The zero-order chi connectivity index (χ0) is 24.2. The third-order valence-electron chi connectivity index (χ3n) is 6.70. The standard InChI is InChI=1S/C30H58O3.Na/c1-3-5-7-9-11-13-14-15-16-17-18-20-22-24-26-28-30(32)33-29(31)27-25-23-21-19-12-10-8-6-4-2;/h3-28H2,1-2H3;. The van der Waals surface area contributed by atoms with E-state index in [4.69, 9.17) is 4.74 Å². The Balaban J connectivity index is 0. The first-order valence-corrected chi connectivity index (χ1v) is 14.9. The molecular formula is C30H58NaO3. The van der Waals surface area contributed by atoms with Crippen LogP contribution in [0.5, 0.6) is 0 Å². The van der Waals surface area contributed by atoms with Gasteiger partial charge < -0.3 is 4.74 Å². The normalized spacial score (nSPS) is 10.8.